The number of nitrogens with one attached hydrogen (secondary N) is 1. The monoisotopic (exact) mass is 276 g/mol. The second-order valence-corrected chi connectivity index (χ2v) is 5.09. The predicted octanol–water partition coefficient (Wildman–Crippen LogP) is 3.64. The number of benzene rings is 1. The molecule has 108 valence electrons. The van der Waals surface area contributed by atoms with Gasteiger partial charge in [-0.1, -0.05) is 6.07 Å². The molecule has 0 aliphatic carbocycles. The van der Waals surface area contributed by atoms with Crippen LogP contribution in [-0.4, -0.2) is 14.1 Å². The molecule has 4 heteroatoms. The quantitative estimate of drug-likeness (QED) is 0.903. The number of hydrogen-bond donors (Lipinski definition) is 1. The maximum Gasteiger partial charge on any atom is 0.146 e. The van der Waals surface area contributed by atoms with Gasteiger partial charge in [-0.25, -0.2) is 4.39 Å². The number of aryl methyl sites for hydroxylation is 1. The zero-order valence-corrected chi connectivity index (χ0v) is 12.4. The number of nitrogens with zero attached hydrogens (tertiary/aromatic N) is 1. The molecule has 1 N–H and O–H groups in total. The average molecular weight is 276 g/mol. The molecule has 0 saturated carbocycles. The molecule has 0 radical (unpaired) electrons. The molecule has 0 amide bonds. The maximum atomic E-state index is 14.2. The fourth-order valence-electron chi connectivity index (χ4n) is 2.16. The summed E-state index contributed by atoms with van der Waals surface area (Å²) < 4.78 is 19.7. The normalized spacial score (nSPS) is 12.4. The first-order chi connectivity index (χ1) is 9.51. The molecule has 1 unspecified atom stereocenters. The average Bonchev–Trinajstić information content (AvgIpc) is 2.82. The van der Waals surface area contributed by atoms with Crippen LogP contribution in [0.1, 0.15) is 30.0 Å². The SMILES string of the molecule is CNC(C)c1ccc(N(C)Cc2ccc(C)o2)c(F)c1. The van der Waals surface area contributed by atoms with Crippen LogP contribution in [0.25, 0.3) is 0 Å². The van der Waals surface area contributed by atoms with E-state index in [1.54, 1.807) is 6.07 Å². The highest BCUT2D eigenvalue weighted by Crippen LogP contribution is 2.24. The van der Waals surface area contributed by atoms with Gasteiger partial charge < -0.3 is 14.6 Å². The molecule has 0 fully saturated rings. The van der Waals surface area contributed by atoms with E-state index in [1.165, 1.54) is 0 Å². The molecule has 1 aromatic heterocycles. The lowest BCUT2D eigenvalue weighted by molar-refractivity contribution is 0.480. The Morgan fingerprint density at radius 3 is 2.60 bits per heavy atom. The number of anilines is 1. The van der Waals surface area contributed by atoms with Crippen LogP contribution >= 0.6 is 0 Å². The smallest absolute Gasteiger partial charge is 0.146 e. The molecule has 1 aromatic carbocycles. The van der Waals surface area contributed by atoms with Crippen LogP contribution in [0.15, 0.2) is 34.7 Å². The Morgan fingerprint density at radius 1 is 1.30 bits per heavy atom. The first kappa shape index (κ1) is 14.6. The lowest BCUT2D eigenvalue weighted by Crippen LogP contribution is -2.18. The van der Waals surface area contributed by atoms with Crippen LogP contribution in [0, 0.1) is 12.7 Å². The lowest BCUT2D eigenvalue weighted by atomic mass is 10.1. The third-order valence-corrected chi connectivity index (χ3v) is 3.51. The summed E-state index contributed by atoms with van der Waals surface area (Å²) in [5.74, 6) is 1.49. The first-order valence-electron chi connectivity index (χ1n) is 6.74. The van der Waals surface area contributed by atoms with Crippen molar-refractivity contribution in [1.29, 1.82) is 0 Å². The third kappa shape index (κ3) is 3.20. The van der Waals surface area contributed by atoms with Crippen molar-refractivity contribution in [3.05, 3.63) is 53.2 Å². The maximum absolute atomic E-state index is 14.2. The van der Waals surface area contributed by atoms with Crippen molar-refractivity contribution in [3.8, 4) is 0 Å². The molecule has 0 bridgehead atoms. The van der Waals surface area contributed by atoms with Crippen molar-refractivity contribution in [1.82, 2.24) is 5.32 Å². The van der Waals surface area contributed by atoms with E-state index in [1.807, 2.05) is 57.1 Å². The van der Waals surface area contributed by atoms with Gasteiger partial charge in [0.05, 0.1) is 12.2 Å². The van der Waals surface area contributed by atoms with Crippen LogP contribution in [0.5, 0.6) is 0 Å². The summed E-state index contributed by atoms with van der Waals surface area (Å²) in [5, 5.41) is 3.10. The predicted molar refractivity (Wildman–Crippen MR) is 79.4 cm³/mol. The summed E-state index contributed by atoms with van der Waals surface area (Å²) in [6, 6.07) is 9.31. The van der Waals surface area contributed by atoms with Crippen molar-refractivity contribution < 1.29 is 8.81 Å². The van der Waals surface area contributed by atoms with Crippen LogP contribution in [0.2, 0.25) is 0 Å². The topological polar surface area (TPSA) is 28.4 Å². The molecule has 3 nitrogen and oxygen atoms in total. The minimum Gasteiger partial charge on any atom is -0.464 e. The number of furan rings is 1. The molecule has 1 heterocycles. The van der Waals surface area contributed by atoms with E-state index in [0.29, 0.717) is 12.2 Å². The molecule has 0 saturated heterocycles. The number of rotatable bonds is 5. The van der Waals surface area contributed by atoms with Crippen molar-refractivity contribution >= 4 is 5.69 Å². The minimum absolute atomic E-state index is 0.136. The van der Waals surface area contributed by atoms with Gasteiger partial charge in [0.25, 0.3) is 0 Å². The van der Waals surface area contributed by atoms with Gasteiger partial charge in [0.1, 0.15) is 17.3 Å². The Bertz CT molecular complexity index is 580. The minimum atomic E-state index is -0.213. The molecule has 0 aliphatic rings. The van der Waals surface area contributed by atoms with E-state index in [9.17, 15) is 4.39 Å². The molecule has 0 aliphatic heterocycles. The van der Waals surface area contributed by atoms with Gasteiger partial charge in [0.15, 0.2) is 0 Å². The van der Waals surface area contributed by atoms with Gasteiger partial charge in [0, 0.05) is 13.1 Å². The molecular weight excluding hydrogens is 255 g/mol. The van der Waals surface area contributed by atoms with Gasteiger partial charge in [-0.15, -0.1) is 0 Å². The van der Waals surface area contributed by atoms with Crippen molar-refractivity contribution in [3.63, 3.8) is 0 Å². The molecule has 2 rings (SSSR count). The fraction of sp³-hybridized carbons (Fsp3) is 0.375. The summed E-state index contributed by atoms with van der Waals surface area (Å²) >= 11 is 0. The van der Waals surface area contributed by atoms with Crippen LogP contribution < -0.4 is 10.2 Å². The Kier molecular flexibility index (Phi) is 4.45. The summed E-state index contributed by atoms with van der Waals surface area (Å²) in [6.07, 6.45) is 0. The summed E-state index contributed by atoms with van der Waals surface area (Å²) in [7, 11) is 3.72. The standard InChI is InChI=1S/C16H21FN2O/c1-11-5-7-14(20-11)10-19(4)16-8-6-13(9-15(16)17)12(2)18-3/h5-9,12,18H,10H2,1-4H3. The zero-order valence-electron chi connectivity index (χ0n) is 12.4. The van der Waals surface area contributed by atoms with Gasteiger partial charge in [-0.3, -0.25) is 0 Å². The van der Waals surface area contributed by atoms with E-state index in [0.717, 1.165) is 17.1 Å². The van der Waals surface area contributed by atoms with E-state index in [2.05, 4.69) is 5.32 Å². The highest BCUT2D eigenvalue weighted by Gasteiger charge is 2.12. The summed E-state index contributed by atoms with van der Waals surface area (Å²) in [4.78, 5) is 1.85. The Morgan fingerprint density at radius 2 is 2.05 bits per heavy atom. The van der Waals surface area contributed by atoms with Crippen molar-refractivity contribution in [2.24, 2.45) is 0 Å². The lowest BCUT2D eigenvalue weighted by Gasteiger charge is -2.20. The first-order valence-corrected chi connectivity index (χ1v) is 6.74. The van der Waals surface area contributed by atoms with E-state index < -0.39 is 0 Å². The largest absolute Gasteiger partial charge is 0.464 e. The van der Waals surface area contributed by atoms with Gasteiger partial charge in [-0.05, 0) is 50.7 Å². The van der Waals surface area contributed by atoms with E-state index >= 15 is 0 Å². The molecule has 2 aromatic rings. The highest BCUT2D eigenvalue weighted by atomic mass is 19.1. The van der Waals surface area contributed by atoms with Crippen LogP contribution in [-0.2, 0) is 6.54 Å². The molecule has 1 atom stereocenters. The summed E-state index contributed by atoms with van der Waals surface area (Å²) in [5.41, 5.74) is 1.52. The van der Waals surface area contributed by atoms with Gasteiger partial charge in [0.2, 0.25) is 0 Å². The molecule has 0 spiro atoms. The van der Waals surface area contributed by atoms with Crippen molar-refractivity contribution in [2.75, 3.05) is 19.0 Å². The van der Waals surface area contributed by atoms with Crippen LogP contribution in [0.4, 0.5) is 10.1 Å². The van der Waals surface area contributed by atoms with E-state index in [4.69, 9.17) is 4.42 Å². The highest BCUT2D eigenvalue weighted by molar-refractivity contribution is 5.49. The van der Waals surface area contributed by atoms with Crippen LogP contribution in [0.3, 0.4) is 0 Å². The van der Waals surface area contributed by atoms with Crippen molar-refractivity contribution in [2.45, 2.75) is 26.4 Å². The second kappa shape index (κ2) is 6.09. The molecular formula is C16H21FN2O. The number of hydrogen-bond acceptors (Lipinski definition) is 3. The van der Waals surface area contributed by atoms with E-state index in [-0.39, 0.29) is 11.9 Å². The summed E-state index contributed by atoms with van der Waals surface area (Å²) in [6.45, 7) is 4.45. The Labute approximate surface area is 119 Å². The van der Waals surface area contributed by atoms with Gasteiger partial charge >= 0.3 is 0 Å². The second-order valence-electron chi connectivity index (χ2n) is 5.09. The zero-order chi connectivity index (χ0) is 14.7. The number of halogens is 1. The Balaban J connectivity index is 2.15. The fourth-order valence-corrected chi connectivity index (χ4v) is 2.16. The Hall–Kier alpha value is -1.81. The molecule has 20 heavy (non-hydrogen) atoms. The van der Waals surface area contributed by atoms with Gasteiger partial charge in [-0.2, -0.15) is 0 Å². The third-order valence-electron chi connectivity index (χ3n) is 3.51.